The molecule has 0 aromatic rings. The van der Waals surface area contributed by atoms with E-state index >= 15 is 0 Å². The van der Waals surface area contributed by atoms with Gasteiger partial charge >= 0.3 is 0 Å². The fraction of sp³-hybridized carbons (Fsp3) is 0.818. The van der Waals surface area contributed by atoms with Crippen LogP contribution in [0.2, 0.25) is 0 Å². The van der Waals surface area contributed by atoms with Crippen LogP contribution in [0.5, 0.6) is 0 Å². The molecule has 0 aromatic heterocycles. The van der Waals surface area contributed by atoms with Gasteiger partial charge in [-0.15, -0.1) is 0 Å². The van der Waals surface area contributed by atoms with E-state index in [2.05, 4.69) is 17.9 Å². The molecule has 0 radical (unpaired) electrons. The Balaban J connectivity index is 1.98. The molecule has 13 heavy (non-hydrogen) atoms. The minimum atomic E-state index is 0.334. The average molecular weight is 181 g/mol. The molecule has 0 bridgehead atoms. The van der Waals surface area contributed by atoms with Gasteiger partial charge in [-0.25, -0.2) is 0 Å². The normalized spacial score (nSPS) is 29.8. The SMILES string of the molecule is COC1C=C(C)N(C2CCCC2)C1. The fourth-order valence-corrected chi connectivity index (χ4v) is 2.55. The van der Waals surface area contributed by atoms with Crippen molar-refractivity contribution in [3.63, 3.8) is 0 Å². The molecule has 1 unspecified atom stereocenters. The quantitative estimate of drug-likeness (QED) is 0.647. The smallest absolute Gasteiger partial charge is 0.0946 e. The van der Waals surface area contributed by atoms with Gasteiger partial charge in [-0.3, -0.25) is 0 Å². The van der Waals surface area contributed by atoms with Crippen LogP contribution in [0.3, 0.4) is 0 Å². The number of hydrogen-bond donors (Lipinski definition) is 0. The molecule has 1 aliphatic heterocycles. The van der Waals surface area contributed by atoms with Crippen molar-refractivity contribution in [2.75, 3.05) is 13.7 Å². The van der Waals surface area contributed by atoms with Crippen LogP contribution in [0.4, 0.5) is 0 Å². The summed E-state index contributed by atoms with van der Waals surface area (Å²) in [6.07, 6.45) is 8.15. The van der Waals surface area contributed by atoms with E-state index in [9.17, 15) is 0 Å². The van der Waals surface area contributed by atoms with Gasteiger partial charge in [0.05, 0.1) is 6.10 Å². The summed E-state index contributed by atoms with van der Waals surface area (Å²) in [7, 11) is 1.80. The Bertz CT molecular complexity index is 206. The van der Waals surface area contributed by atoms with Gasteiger partial charge in [0.15, 0.2) is 0 Å². The first-order chi connectivity index (χ1) is 6.31. The molecular weight excluding hydrogens is 162 g/mol. The van der Waals surface area contributed by atoms with Gasteiger partial charge in [-0.2, -0.15) is 0 Å². The third-order valence-corrected chi connectivity index (χ3v) is 3.32. The molecule has 0 saturated heterocycles. The molecule has 2 heteroatoms. The highest BCUT2D eigenvalue weighted by molar-refractivity contribution is 5.12. The first-order valence-electron chi connectivity index (χ1n) is 5.29. The van der Waals surface area contributed by atoms with Gasteiger partial charge < -0.3 is 9.64 Å². The maximum Gasteiger partial charge on any atom is 0.0946 e. The van der Waals surface area contributed by atoms with Crippen molar-refractivity contribution in [2.24, 2.45) is 0 Å². The Labute approximate surface area is 80.6 Å². The summed E-state index contributed by atoms with van der Waals surface area (Å²) >= 11 is 0. The molecule has 1 fully saturated rings. The van der Waals surface area contributed by atoms with Gasteiger partial charge in [-0.1, -0.05) is 12.8 Å². The zero-order valence-corrected chi connectivity index (χ0v) is 8.62. The third kappa shape index (κ3) is 1.73. The molecule has 1 atom stereocenters. The van der Waals surface area contributed by atoms with Gasteiger partial charge in [0.25, 0.3) is 0 Å². The number of allylic oxidation sites excluding steroid dienone is 1. The summed E-state index contributed by atoms with van der Waals surface area (Å²) in [6.45, 7) is 3.28. The first-order valence-corrected chi connectivity index (χ1v) is 5.29. The zero-order chi connectivity index (χ0) is 9.26. The van der Waals surface area contributed by atoms with Crippen LogP contribution in [0.1, 0.15) is 32.6 Å². The Hall–Kier alpha value is -0.500. The zero-order valence-electron chi connectivity index (χ0n) is 8.62. The van der Waals surface area contributed by atoms with E-state index in [-0.39, 0.29) is 0 Å². The second-order valence-electron chi connectivity index (χ2n) is 4.17. The van der Waals surface area contributed by atoms with Gasteiger partial charge in [-0.05, 0) is 25.8 Å². The van der Waals surface area contributed by atoms with E-state index in [1.54, 1.807) is 7.11 Å². The Morgan fingerprint density at radius 2 is 2.08 bits per heavy atom. The third-order valence-electron chi connectivity index (χ3n) is 3.32. The molecule has 0 N–H and O–H groups in total. The van der Waals surface area contributed by atoms with Crippen molar-refractivity contribution in [1.82, 2.24) is 4.90 Å². The van der Waals surface area contributed by atoms with Crippen molar-refractivity contribution < 1.29 is 4.74 Å². The summed E-state index contributed by atoms with van der Waals surface area (Å²) < 4.78 is 5.35. The number of methoxy groups -OCH3 is 1. The lowest BCUT2D eigenvalue weighted by Gasteiger charge is -2.28. The Morgan fingerprint density at radius 3 is 2.62 bits per heavy atom. The maximum atomic E-state index is 5.35. The summed E-state index contributed by atoms with van der Waals surface area (Å²) in [5.41, 5.74) is 1.42. The summed E-state index contributed by atoms with van der Waals surface area (Å²) in [5.74, 6) is 0. The van der Waals surface area contributed by atoms with E-state index < -0.39 is 0 Å². The van der Waals surface area contributed by atoms with E-state index in [1.807, 2.05) is 0 Å². The van der Waals surface area contributed by atoms with Crippen LogP contribution in [-0.4, -0.2) is 30.7 Å². The number of nitrogens with zero attached hydrogens (tertiary/aromatic N) is 1. The highest BCUT2D eigenvalue weighted by Crippen LogP contribution is 2.29. The fourth-order valence-electron chi connectivity index (χ4n) is 2.55. The molecule has 1 saturated carbocycles. The van der Waals surface area contributed by atoms with Crippen molar-refractivity contribution in [3.05, 3.63) is 11.8 Å². The van der Waals surface area contributed by atoms with Gasteiger partial charge in [0.2, 0.25) is 0 Å². The minimum absolute atomic E-state index is 0.334. The number of rotatable bonds is 2. The Morgan fingerprint density at radius 1 is 1.38 bits per heavy atom. The van der Waals surface area contributed by atoms with Gasteiger partial charge in [0.1, 0.15) is 0 Å². The lowest BCUT2D eigenvalue weighted by atomic mass is 10.2. The standard InChI is InChI=1S/C11H19NO/c1-9-7-11(13-2)8-12(9)10-5-3-4-6-10/h7,10-11H,3-6,8H2,1-2H3. The second kappa shape index (κ2) is 3.70. The molecule has 0 spiro atoms. The molecular formula is C11H19NO. The summed E-state index contributed by atoms with van der Waals surface area (Å²) in [5, 5.41) is 0. The van der Waals surface area contributed by atoms with Crippen molar-refractivity contribution in [3.8, 4) is 0 Å². The highest BCUT2D eigenvalue weighted by atomic mass is 16.5. The molecule has 0 amide bonds. The van der Waals surface area contributed by atoms with Crippen LogP contribution in [-0.2, 0) is 4.74 Å². The predicted octanol–water partition coefficient (Wildman–Crippen LogP) is 2.16. The number of ether oxygens (including phenoxy) is 1. The second-order valence-corrected chi connectivity index (χ2v) is 4.17. The topological polar surface area (TPSA) is 12.5 Å². The molecule has 2 aliphatic rings. The van der Waals surface area contributed by atoms with Crippen LogP contribution >= 0.6 is 0 Å². The monoisotopic (exact) mass is 181 g/mol. The largest absolute Gasteiger partial charge is 0.375 e. The molecule has 2 nitrogen and oxygen atoms in total. The highest BCUT2D eigenvalue weighted by Gasteiger charge is 2.28. The van der Waals surface area contributed by atoms with Crippen molar-refractivity contribution in [2.45, 2.75) is 44.8 Å². The Kier molecular flexibility index (Phi) is 2.58. The molecule has 2 rings (SSSR count). The average Bonchev–Trinajstić information content (AvgIpc) is 2.72. The van der Waals surface area contributed by atoms with E-state index in [0.717, 1.165) is 12.6 Å². The van der Waals surface area contributed by atoms with Crippen LogP contribution in [0.25, 0.3) is 0 Å². The lowest BCUT2D eigenvalue weighted by Crippen LogP contribution is -2.32. The summed E-state index contributed by atoms with van der Waals surface area (Å²) in [4.78, 5) is 2.53. The van der Waals surface area contributed by atoms with E-state index in [4.69, 9.17) is 4.74 Å². The van der Waals surface area contributed by atoms with Gasteiger partial charge in [0, 0.05) is 25.4 Å². The van der Waals surface area contributed by atoms with Crippen LogP contribution < -0.4 is 0 Å². The predicted molar refractivity (Wildman–Crippen MR) is 53.5 cm³/mol. The van der Waals surface area contributed by atoms with Crippen LogP contribution in [0, 0.1) is 0 Å². The number of hydrogen-bond acceptors (Lipinski definition) is 2. The molecule has 74 valence electrons. The van der Waals surface area contributed by atoms with Crippen LogP contribution in [0.15, 0.2) is 11.8 Å². The molecule has 0 aromatic carbocycles. The van der Waals surface area contributed by atoms with Crippen molar-refractivity contribution >= 4 is 0 Å². The minimum Gasteiger partial charge on any atom is -0.375 e. The first kappa shape index (κ1) is 9.07. The van der Waals surface area contributed by atoms with Crippen molar-refractivity contribution in [1.29, 1.82) is 0 Å². The molecule has 1 aliphatic carbocycles. The summed E-state index contributed by atoms with van der Waals surface area (Å²) in [6, 6.07) is 0.802. The van der Waals surface area contributed by atoms with E-state index in [1.165, 1.54) is 31.4 Å². The maximum absolute atomic E-state index is 5.35. The lowest BCUT2D eigenvalue weighted by molar-refractivity contribution is 0.115. The van der Waals surface area contributed by atoms with E-state index in [0.29, 0.717) is 6.10 Å². The molecule has 1 heterocycles.